The number of carbonyl (C=O) groups excluding carboxylic acids is 1. The average Bonchev–Trinajstić information content (AvgIpc) is 2.82. The molecule has 0 radical (unpaired) electrons. The molecular weight excluding hydrogens is 303 g/mol. The zero-order valence-electron chi connectivity index (χ0n) is 14.7. The number of aromatic nitrogens is 1. The van der Waals surface area contributed by atoms with Crippen LogP contribution in [0.5, 0.6) is 0 Å². The molecule has 0 atom stereocenters. The van der Waals surface area contributed by atoms with E-state index in [0.717, 1.165) is 35.0 Å². The van der Waals surface area contributed by atoms with Gasteiger partial charge in [-0.1, -0.05) is 32.1 Å². The Kier molecular flexibility index (Phi) is 5.22. The van der Waals surface area contributed by atoms with E-state index < -0.39 is 0 Å². The first-order valence-corrected chi connectivity index (χ1v) is 9.08. The topological polar surface area (TPSA) is 36.1 Å². The first kappa shape index (κ1) is 17.0. The van der Waals surface area contributed by atoms with Crippen molar-refractivity contribution in [1.29, 1.82) is 0 Å². The number of carbonyl (C=O) groups is 1. The average molecular weight is 330 g/mol. The number of H-pyrrole nitrogens is 1. The van der Waals surface area contributed by atoms with Crippen LogP contribution in [0.1, 0.15) is 56.2 Å². The van der Waals surface area contributed by atoms with Crippen molar-refractivity contribution in [3.8, 4) is 0 Å². The van der Waals surface area contributed by atoms with Crippen molar-refractivity contribution in [3.05, 3.63) is 35.3 Å². The molecule has 24 heavy (non-hydrogen) atoms. The summed E-state index contributed by atoms with van der Waals surface area (Å²) in [5, 5.41) is 0.826. The molecule has 1 N–H and O–H groups in total. The molecule has 0 bridgehead atoms. The summed E-state index contributed by atoms with van der Waals surface area (Å²) in [6.45, 7) is 1.95. The Morgan fingerprint density at radius 1 is 1.21 bits per heavy atom. The van der Waals surface area contributed by atoms with Gasteiger partial charge >= 0.3 is 0 Å². The van der Waals surface area contributed by atoms with Crippen molar-refractivity contribution in [3.63, 3.8) is 0 Å². The van der Waals surface area contributed by atoms with Gasteiger partial charge < -0.3 is 9.88 Å². The number of aromatic amines is 1. The minimum atomic E-state index is -0.261. The van der Waals surface area contributed by atoms with E-state index >= 15 is 0 Å². The number of hydrogen-bond acceptors (Lipinski definition) is 1. The Bertz CT molecular complexity index is 714. The molecule has 1 aromatic carbocycles. The smallest absolute Gasteiger partial charge is 0.227 e. The number of aryl methyl sites for hydroxylation is 1. The summed E-state index contributed by atoms with van der Waals surface area (Å²) in [5.41, 5.74) is 2.77. The van der Waals surface area contributed by atoms with Crippen molar-refractivity contribution < 1.29 is 9.18 Å². The number of nitrogens with one attached hydrogen (secondary N) is 1. The van der Waals surface area contributed by atoms with Crippen LogP contribution in [0.4, 0.5) is 4.39 Å². The zero-order chi connectivity index (χ0) is 17.1. The summed E-state index contributed by atoms with van der Waals surface area (Å²) in [4.78, 5) is 18.0. The highest BCUT2D eigenvalue weighted by molar-refractivity contribution is 5.90. The molecule has 0 spiro atoms. The largest absolute Gasteiger partial charge is 0.358 e. The molecule has 130 valence electrons. The highest BCUT2D eigenvalue weighted by atomic mass is 19.1. The second-order valence-electron chi connectivity index (χ2n) is 7.10. The van der Waals surface area contributed by atoms with Crippen LogP contribution in [0, 0.1) is 12.7 Å². The first-order chi connectivity index (χ1) is 11.6. The number of halogens is 1. The number of nitrogens with zero attached hydrogens (tertiary/aromatic N) is 1. The second-order valence-corrected chi connectivity index (χ2v) is 7.10. The van der Waals surface area contributed by atoms with Gasteiger partial charge in [0, 0.05) is 29.7 Å². The van der Waals surface area contributed by atoms with Gasteiger partial charge in [0.25, 0.3) is 0 Å². The predicted octanol–water partition coefficient (Wildman–Crippen LogP) is 4.73. The summed E-state index contributed by atoms with van der Waals surface area (Å²) in [7, 11) is 1.93. The molecule has 1 fully saturated rings. The number of hydrogen-bond donors (Lipinski definition) is 1. The Morgan fingerprint density at radius 3 is 2.58 bits per heavy atom. The van der Waals surface area contributed by atoms with Crippen molar-refractivity contribution in [1.82, 2.24) is 9.88 Å². The highest BCUT2D eigenvalue weighted by Gasteiger charge is 2.22. The van der Waals surface area contributed by atoms with Gasteiger partial charge in [0.2, 0.25) is 5.91 Å². The molecule has 1 heterocycles. The summed E-state index contributed by atoms with van der Waals surface area (Å²) < 4.78 is 13.6. The number of likely N-dealkylation sites (N-methyl/N-ethyl adjacent to an activating group) is 1. The van der Waals surface area contributed by atoms with Crippen LogP contribution < -0.4 is 0 Å². The SMILES string of the molecule is Cc1[nH]c2ccc(F)cc2c1CC(=O)N(C)C1CCCCCCC1. The van der Waals surface area contributed by atoms with Gasteiger partial charge in [0.05, 0.1) is 6.42 Å². The van der Waals surface area contributed by atoms with E-state index in [4.69, 9.17) is 0 Å². The van der Waals surface area contributed by atoms with E-state index in [0.29, 0.717) is 12.5 Å². The number of benzene rings is 1. The van der Waals surface area contributed by atoms with E-state index in [1.54, 1.807) is 6.07 Å². The summed E-state index contributed by atoms with van der Waals surface area (Å²) in [5.74, 6) is -0.127. The lowest BCUT2D eigenvalue weighted by molar-refractivity contribution is -0.131. The van der Waals surface area contributed by atoms with Crippen LogP contribution in [-0.2, 0) is 11.2 Å². The van der Waals surface area contributed by atoms with Crippen molar-refractivity contribution in [2.75, 3.05) is 7.05 Å². The molecule has 1 aliphatic carbocycles. The fourth-order valence-corrected chi connectivity index (χ4v) is 3.88. The minimum Gasteiger partial charge on any atom is -0.358 e. The predicted molar refractivity (Wildman–Crippen MR) is 95.6 cm³/mol. The maximum absolute atomic E-state index is 13.6. The van der Waals surface area contributed by atoms with Crippen LogP contribution in [0.15, 0.2) is 18.2 Å². The van der Waals surface area contributed by atoms with E-state index in [2.05, 4.69) is 4.98 Å². The van der Waals surface area contributed by atoms with Gasteiger partial charge in [-0.2, -0.15) is 0 Å². The van der Waals surface area contributed by atoms with Gasteiger partial charge in [-0.05, 0) is 43.5 Å². The van der Waals surface area contributed by atoms with Crippen molar-refractivity contribution >= 4 is 16.8 Å². The minimum absolute atomic E-state index is 0.133. The van der Waals surface area contributed by atoms with Crippen molar-refractivity contribution in [2.45, 2.75) is 64.3 Å². The lowest BCUT2D eigenvalue weighted by Gasteiger charge is -2.30. The molecule has 4 heteroatoms. The molecule has 0 unspecified atom stereocenters. The van der Waals surface area contributed by atoms with Crippen LogP contribution in [0.25, 0.3) is 10.9 Å². The molecule has 1 aromatic heterocycles. The van der Waals surface area contributed by atoms with E-state index in [-0.39, 0.29) is 11.7 Å². The molecule has 0 aliphatic heterocycles. The standard InChI is InChI=1S/C20H27FN2O/c1-14-17(18-12-15(21)10-11-19(18)22-14)13-20(24)23(2)16-8-6-4-3-5-7-9-16/h10-12,16,22H,3-9,13H2,1-2H3. The van der Waals surface area contributed by atoms with E-state index in [1.807, 2.05) is 18.9 Å². The van der Waals surface area contributed by atoms with Crippen molar-refractivity contribution in [2.24, 2.45) is 0 Å². The molecule has 3 rings (SSSR count). The molecular formula is C20H27FN2O. The first-order valence-electron chi connectivity index (χ1n) is 9.08. The Morgan fingerprint density at radius 2 is 1.88 bits per heavy atom. The molecule has 1 saturated carbocycles. The summed E-state index contributed by atoms with van der Waals surface area (Å²) in [6, 6.07) is 5.06. The van der Waals surface area contributed by atoms with Gasteiger partial charge in [-0.15, -0.1) is 0 Å². The zero-order valence-corrected chi connectivity index (χ0v) is 14.7. The Hall–Kier alpha value is -1.84. The number of rotatable bonds is 3. The van der Waals surface area contributed by atoms with Crippen LogP contribution in [-0.4, -0.2) is 28.9 Å². The quantitative estimate of drug-likeness (QED) is 0.868. The third kappa shape index (κ3) is 3.63. The van der Waals surface area contributed by atoms with Crippen LogP contribution in [0.3, 0.4) is 0 Å². The number of amides is 1. The lowest BCUT2D eigenvalue weighted by atomic mass is 9.95. The number of fused-ring (bicyclic) bond motifs is 1. The Balaban J connectivity index is 1.76. The van der Waals surface area contributed by atoms with Gasteiger partial charge in [0.1, 0.15) is 5.82 Å². The lowest BCUT2D eigenvalue weighted by Crippen LogP contribution is -2.38. The van der Waals surface area contributed by atoms with Crippen LogP contribution >= 0.6 is 0 Å². The molecule has 3 nitrogen and oxygen atoms in total. The molecule has 2 aromatic rings. The van der Waals surface area contributed by atoms with Gasteiger partial charge in [-0.25, -0.2) is 4.39 Å². The third-order valence-corrected chi connectivity index (χ3v) is 5.43. The monoisotopic (exact) mass is 330 g/mol. The fourth-order valence-electron chi connectivity index (χ4n) is 3.88. The molecule has 1 aliphatic rings. The fraction of sp³-hybridized carbons (Fsp3) is 0.550. The van der Waals surface area contributed by atoms with E-state index in [9.17, 15) is 9.18 Å². The second kappa shape index (κ2) is 7.37. The third-order valence-electron chi connectivity index (χ3n) is 5.43. The van der Waals surface area contributed by atoms with Gasteiger partial charge in [-0.3, -0.25) is 4.79 Å². The highest BCUT2D eigenvalue weighted by Crippen LogP contribution is 2.25. The summed E-state index contributed by atoms with van der Waals surface area (Å²) in [6.07, 6.45) is 8.83. The van der Waals surface area contributed by atoms with Gasteiger partial charge in [0.15, 0.2) is 0 Å². The van der Waals surface area contributed by atoms with Crippen LogP contribution in [0.2, 0.25) is 0 Å². The molecule has 0 saturated heterocycles. The maximum atomic E-state index is 13.6. The van der Waals surface area contributed by atoms with E-state index in [1.165, 1.54) is 44.2 Å². The molecule has 1 amide bonds. The normalized spacial score (nSPS) is 16.8. The summed E-state index contributed by atoms with van der Waals surface area (Å²) >= 11 is 0. The Labute approximate surface area is 143 Å². The maximum Gasteiger partial charge on any atom is 0.227 e.